The van der Waals surface area contributed by atoms with E-state index in [0.29, 0.717) is 6.10 Å². The van der Waals surface area contributed by atoms with Gasteiger partial charge >= 0.3 is 0 Å². The number of likely N-dealkylation sites (N-methyl/N-ethyl adjacent to an activating group) is 1. The van der Waals surface area contributed by atoms with Crippen molar-refractivity contribution < 1.29 is 4.74 Å². The lowest BCUT2D eigenvalue weighted by Gasteiger charge is -2.30. The highest BCUT2D eigenvalue weighted by atomic mass is 32.1. The minimum atomic E-state index is 0.317. The van der Waals surface area contributed by atoms with Gasteiger partial charge in [0.15, 0.2) is 0 Å². The van der Waals surface area contributed by atoms with Crippen molar-refractivity contribution in [1.29, 1.82) is 0 Å². The molecule has 1 aromatic carbocycles. The first-order valence-corrected chi connectivity index (χ1v) is 8.28. The molecule has 21 heavy (non-hydrogen) atoms. The van der Waals surface area contributed by atoms with Gasteiger partial charge in [-0.05, 0) is 24.7 Å². The first-order chi connectivity index (χ1) is 10.3. The van der Waals surface area contributed by atoms with E-state index >= 15 is 0 Å². The molecule has 1 atom stereocenters. The molecule has 112 valence electrons. The maximum atomic E-state index is 5.76. The number of nitrogens with zero attached hydrogens (tertiary/aromatic N) is 1. The molecule has 1 aliphatic heterocycles. The minimum Gasteiger partial charge on any atom is -0.374 e. The van der Waals surface area contributed by atoms with Crippen molar-refractivity contribution in [2.75, 3.05) is 33.3 Å². The first-order valence-electron chi connectivity index (χ1n) is 7.46. The fourth-order valence-electron chi connectivity index (χ4n) is 2.58. The third kappa shape index (κ3) is 4.14. The highest BCUT2D eigenvalue weighted by Gasteiger charge is 2.16. The molecule has 2 heterocycles. The molecule has 2 aromatic rings. The molecule has 1 aliphatic rings. The van der Waals surface area contributed by atoms with Crippen LogP contribution < -0.4 is 5.32 Å². The molecule has 0 spiro atoms. The van der Waals surface area contributed by atoms with Crippen molar-refractivity contribution >= 4 is 11.3 Å². The Balaban J connectivity index is 1.49. The van der Waals surface area contributed by atoms with Gasteiger partial charge in [0.05, 0.1) is 12.7 Å². The van der Waals surface area contributed by atoms with Crippen molar-refractivity contribution in [2.45, 2.75) is 12.6 Å². The molecule has 0 amide bonds. The molecule has 0 aliphatic carbocycles. The average molecular weight is 302 g/mol. The third-order valence-electron chi connectivity index (χ3n) is 3.73. The molecule has 4 heteroatoms. The highest BCUT2D eigenvalue weighted by Crippen LogP contribution is 2.27. The summed E-state index contributed by atoms with van der Waals surface area (Å²) in [4.78, 5) is 5.04. The summed E-state index contributed by atoms with van der Waals surface area (Å²) in [5.41, 5.74) is 1.30. The van der Waals surface area contributed by atoms with E-state index in [1.54, 1.807) is 0 Å². The van der Waals surface area contributed by atoms with E-state index in [4.69, 9.17) is 4.74 Å². The minimum absolute atomic E-state index is 0.317. The summed E-state index contributed by atoms with van der Waals surface area (Å²) in [7, 11) is 2.15. The second-order valence-electron chi connectivity index (χ2n) is 5.52. The van der Waals surface area contributed by atoms with Crippen molar-refractivity contribution in [2.24, 2.45) is 0 Å². The van der Waals surface area contributed by atoms with E-state index < -0.39 is 0 Å². The van der Waals surface area contributed by atoms with E-state index in [0.717, 1.165) is 32.8 Å². The van der Waals surface area contributed by atoms with Crippen LogP contribution >= 0.6 is 11.3 Å². The van der Waals surface area contributed by atoms with Crippen LogP contribution in [0.1, 0.15) is 4.88 Å². The van der Waals surface area contributed by atoms with Crippen LogP contribution in [0.4, 0.5) is 0 Å². The van der Waals surface area contributed by atoms with Crippen LogP contribution in [0.5, 0.6) is 0 Å². The van der Waals surface area contributed by atoms with Crippen LogP contribution in [-0.2, 0) is 11.3 Å². The van der Waals surface area contributed by atoms with Gasteiger partial charge in [0.25, 0.3) is 0 Å². The fourth-order valence-corrected chi connectivity index (χ4v) is 3.56. The number of thiophene rings is 1. The number of hydrogen-bond donors (Lipinski definition) is 1. The summed E-state index contributed by atoms with van der Waals surface area (Å²) < 4.78 is 5.76. The van der Waals surface area contributed by atoms with Crippen molar-refractivity contribution in [1.82, 2.24) is 10.2 Å². The zero-order chi connectivity index (χ0) is 14.5. The van der Waals surface area contributed by atoms with Gasteiger partial charge in [0, 0.05) is 35.9 Å². The van der Waals surface area contributed by atoms with Gasteiger partial charge in [0.1, 0.15) is 0 Å². The molecular formula is C17H22N2OS. The second-order valence-corrected chi connectivity index (χ2v) is 6.69. The highest BCUT2D eigenvalue weighted by molar-refractivity contribution is 7.15. The number of ether oxygens (including phenoxy) is 1. The van der Waals surface area contributed by atoms with Gasteiger partial charge in [-0.1, -0.05) is 30.3 Å². The Hall–Kier alpha value is -1.20. The predicted octanol–water partition coefficient (Wildman–Crippen LogP) is 2.84. The largest absolute Gasteiger partial charge is 0.374 e. The summed E-state index contributed by atoms with van der Waals surface area (Å²) in [5.74, 6) is 0. The van der Waals surface area contributed by atoms with Gasteiger partial charge in [-0.15, -0.1) is 11.3 Å². The zero-order valence-corrected chi connectivity index (χ0v) is 13.2. The predicted molar refractivity (Wildman–Crippen MR) is 88.7 cm³/mol. The SMILES string of the molecule is CN1CCOC(CNCc2ccc(-c3ccccc3)s2)C1. The number of hydrogen-bond acceptors (Lipinski definition) is 4. The number of rotatable bonds is 5. The molecule has 0 radical (unpaired) electrons. The zero-order valence-electron chi connectivity index (χ0n) is 12.4. The second kappa shape index (κ2) is 7.18. The van der Waals surface area contributed by atoms with Gasteiger partial charge in [-0.25, -0.2) is 0 Å². The maximum absolute atomic E-state index is 5.76. The monoisotopic (exact) mass is 302 g/mol. The Morgan fingerprint density at radius 3 is 2.90 bits per heavy atom. The van der Waals surface area contributed by atoms with Gasteiger partial charge in [-0.2, -0.15) is 0 Å². The van der Waals surface area contributed by atoms with E-state index in [2.05, 4.69) is 59.7 Å². The molecule has 1 aromatic heterocycles. The van der Waals surface area contributed by atoms with Crippen molar-refractivity contribution in [3.05, 3.63) is 47.3 Å². The topological polar surface area (TPSA) is 24.5 Å². The van der Waals surface area contributed by atoms with Gasteiger partial charge in [-0.3, -0.25) is 0 Å². The fraction of sp³-hybridized carbons (Fsp3) is 0.412. The number of nitrogens with one attached hydrogen (secondary N) is 1. The number of morpholine rings is 1. The standard InChI is InChI=1S/C17H22N2OS/c1-19-9-10-20-15(13-19)11-18-12-16-7-8-17(21-16)14-5-3-2-4-6-14/h2-8,15,18H,9-13H2,1H3. The van der Waals surface area contributed by atoms with Crippen LogP contribution in [0, 0.1) is 0 Å². The van der Waals surface area contributed by atoms with Crippen LogP contribution in [0.3, 0.4) is 0 Å². The Bertz CT molecular complexity index is 555. The molecule has 1 fully saturated rings. The lowest BCUT2D eigenvalue weighted by molar-refractivity contribution is -0.0181. The van der Waals surface area contributed by atoms with E-state index in [1.807, 2.05) is 11.3 Å². The quantitative estimate of drug-likeness (QED) is 0.919. The Kier molecular flexibility index (Phi) is 5.04. The van der Waals surface area contributed by atoms with Crippen LogP contribution in [0.25, 0.3) is 10.4 Å². The third-order valence-corrected chi connectivity index (χ3v) is 4.87. The summed E-state index contributed by atoms with van der Waals surface area (Å²) in [5, 5.41) is 3.52. The van der Waals surface area contributed by atoms with Crippen LogP contribution in [-0.4, -0.2) is 44.3 Å². The molecular weight excluding hydrogens is 280 g/mol. The molecule has 1 unspecified atom stereocenters. The van der Waals surface area contributed by atoms with E-state index in [9.17, 15) is 0 Å². The van der Waals surface area contributed by atoms with Crippen LogP contribution in [0.2, 0.25) is 0 Å². The number of benzene rings is 1. The summed E-state index contributed by atoms with van der Waals surface area (Å²) in [6, 6.07) is 15.0. The summed E-state index contributed by atoms with van der Waals surface area (Å²) in [6.07, 6.45) is 0.317. The summed E-state index contributed by atoms with van der Waals surface area (Å²) in [6.45, 7) is 4.75. The molecule has 1 saturated heterocycles. The Morgan fingerprint density at radius 1 is 1.24 bits per heavy atom. The first kappa shape index (κ1) is 14.7. The molecule has 3 nitrogen and oxygen atoms in total. The molecule has 0 saturated carbocycles. The normalized spacial score (nSPS) is 19.8. The molecule has 3 rings (SSSR count). The van der Waals surface area contributed by atoms with E-state index in [-0.39, 0.29) is 0 Å². The van der Waals surface area contributed by atoms with Crippen molar-refractivity contribution in [3.8, 4) is 10.4 Å². The van der Waals surface area contributed by atoms with Crippen molar-refractivity contribution in [3.63, 3.8) is 0 Å². The smallest absolute Gasteiger partial charge is 0.0826 e. The molecule has 1 N–H and O–H groups in total. The van der Waals surface area contributed by atoms with Crippen LogP contribution in [0.15, 0.2) is 42.5 Å². The molecule has 0 bridgehead atoms. The summed E-state index contributed by atoms with van der Waals surface area (Å²) >= 11 is 1.86. The Morgan fingerprint density at radius 2 is 2.10 bits per heavy atom. The Labute approximate surface area is 130 Å². The van der Waals surface area contributed by atoms with E-state index in [1.165, 1.54) is 15.3 Å². The lowest BCUT2D eigenvalue weighted by atomic mass is 10.2. The average Bonchev–Trinajstić information content (AvgIpc) is 2.97. The lowest BCUT2D eigenvalue weighted by Crippen LogP contribution is -2.44. The van der Waals surface area contributed by atoms with Gasteiger partial charge < -0.3 is 15.0 Å². The van der Waals surface area contributed by atoms with Gasteiger partial charge in [0.2, 0.25) is 0 Å². The maximum Gasteiger partial charge on any atom is 0.0826 e.